The maximum Gasteiger partial charge on any atom is 0.0598 e. The normalized spacial score (nSPS) is 11.5. The molecule has 0 aromatic heterocycles. The Morgan fingerprint density at radius 1 is 1.45 bits per heavy atom. The molecule has 0 radical (unpaired) electrons. The van der Waals surface area contributed by atoms with Gasteiger partial charge in [-0.3, -0.25) is 0 Å². The summed E-state index contributed by atoms with van der Waals surface area (Å²) < 4.78 is 5.52. The summed E-state index contributed by atoms with van der Waals surface area (Å²) in [5.41, 5.74) is 0.00867. The van der Waals surface area contributed by atoms with Gasteiger partial charge in [0.1, 0.15) is 0 Å². The quantitative estimate of drug-likeness (QED) is 0.468. The highest BCUT2D eigenvalue weighted by Gasteiger charge is 2.08. The summed E-state index contributed by atoms with van der Waals surface area (Å²) in [5, 5.41) is 0. The van der Waals surface area contributed by atoms with Crippen molar-refractivity contribution in [2.45, 2.75) is 26.4 Å². The Morgan fingerprint density at radius 3 is 2.55 bits per heavy atom. The maximum absolute atomic E-state index is 5.52. The van der Waals surface area contributed by atoms with Crippen molar-refractivity contribution in [2.24, 2.45) is 0 Å². The highest BCUT2D eigenvalue weighted by atomic mass is 32.2. The van der Waals surface area contributed by atoms with Gasteiger partial charge in [-0.1, -0.05) is 6.08 Å². The van der Waals surface area contributed by atoms with Crippen molar-refractivity contribution in [2.75, 3.05) is 18.1 Å². The van der Waals surface area contributed by atoms with Gasteiger partial charge in [0.15, 0.2) is 0 Å². The third kappa shape index (κ3) is 10.1. The van der Waals surface area contributed by atoms with E-state index in [9.17, 15) is 0 Å². The topological polar surface area (TPSA) is 9.23 Å². The van der Waals surface area contributed by atoms with E-state index in [4.69, 9.17) is 4.74 Å². The Balaban J connectivity index is 3.08. The van der Waals surface area contributed by atoms with Gasteiger partial charge in [0.05, 0.1) is 12.2 Å². The molecule has 11 heavy (non-hydrogen) atoms. The molecule has 0 aliphatic rings. The summed E-state index contributed by atoms with van der Waals surface area (Å²) in [7, 11) is 0. The second-order valence-corrected chi connectivity index (χ2v) is 4.47. The molecule has 0 aromatic carbocycles. The molecule has 0 spiro atoms. The molecule has 0 unspecified atom stereocenters. The van der Waals surface area contributed by atoms with E-state index in [0.717, 1.165) is 18.1 Å². The molecule has 0 fully saturated rings. The Bertz CT molecular complexity index is 105. The Kier molecular flexibility index (Phi) is 5.69. The van der Waals surface area contributed by atoms with Crippen LogP contribution < -0.4 is 0 Å². The molecule has 0 bridgehead atoms. The van der Waals surface area contributed by atoms with E-state index in [2.05, 4.69) is 27.4 Å². The largest absolute Gasteiger partial charge is 0.375 e. The van der Waals surface area contributed by atoms with Gasteiger partial charge in [0.25, 0.3) is 0 Å². The van der Waals surface area contributed by atoms with Crippen molar-refractivity contribution in [3.05, 3.63) is 12.7 Å². The molecule has 0 aliphatic carbocycles. The fraction of sp³-hybridized carbons (Fsp3) is 0.778. The molecule has 0 aromatic rings. The van der Waals surface area contributed by atoms with E-state index >= 15 is 0 Å². The third-order valence-electron chi connectivity index (χ3n) is 0.998. The minimum Gasteiger partial charge on any atom is -0.375 e. The minimum atomic E-state index is 0.00867. The van der Waals surface area contributed by atoms with E-state index < -0.39 is 0 Å². The van der Waals surface area contributed by atoms with E-state index in [1.807, 2.05) is 17.8 Å². The molecule has 2 heteroatoms. The molecule has 1 nitrogen and oxygen atoms in total. The van der Waals surface area contributed by atoms with Gasteiger partial charge in [0, 0.05) is 11.5 Å². The standard InChI is InChI=1S/C9H18OS/c1-5-7-11-8-6-10-9(2,3)4/h5H,1,6-8H2,2-4H3. The fourth-order valence-electron chi connectivity index (χ4n) is 0.573. The van der Waals surface area contributed by atoms with Crippen molar-refractivity contribution < 1.29 is 4.74 Å². The summed E-state index contributed by atoms with van der Waals surface area (Å²) >= 11 is 1.85. The Morgan fingerprint density at radius 2 is 2.09 bits per heavy atom. The molecule has 0 aliphatic heterocycles. The zero-order valence-corrected chi connectivity index (χ0v) is 8.54. The van der Waals surface area contributed by atoms with Gasteiger partial charge in [-0.25, -0.2) is 0 Å². The lowest BCUT2D eigenvalue weighted by Crippen LogP contribution is -2.20. The summed E-state index contributed by atoms with van der Waals surface area (Å²) in [5.74, 6) is 2.08. The van der Waals surface area contributed by atoms with Gasteiger partial charge in [-0.2, -0.15) is 11.8 Å². The molecule has 66 valence electrons. The van der Waals surface area contributed by atoms with Crippen LogP contribution >= 0.6 is 11.8 Å². The molecule has 0 rings (SSSR count). The number of thioether (sulfide) groups is 1. The number of hydrogen-bond donors (Lipinski definition) is 0. The number of ether oxygens (including phenoxy) is 1. The van der Waals surface area contributed by atoms with Crippen LogP contribution in [0.25, 0.3) is 0 Å². The van der Waals surface area contributed by atoms with Crippen LogP contribution in [-0.4, -0.2) is 23.7 Å². The Hall–Kier alpha value is 0.0500. The van der Waals surface area contributed by atoms with Crippen molar-refractivity contribution in [3.63, 3.8) is 0 Å². The second-order valence-electron chi connectivity index (χ2n) is 3.32. The second kappa shape index (κ2) is 5.67. The lowest BCUT2D eigenvalue weighted by molar-refractivity contribution is 0.00696. The average molecular weight is 174 g/mol. The Labute approximate surface area is 74.2 Å². The molecule has 0 saturated carbocycles. The highest BCUT2D eigenvalue weighted by molar-refractivity contribution is 7.99. The zero-order chi connectivity index (χ0) is 8.74. The molecule has 0 N–H and O–H groups in total. The molecule has 0 saturated heterocycles. The van der Waals surface area contributed by atoms with Crippen molar-refractivity contribution in [1.82, 2.24) is 0 Å². The van der Waals surface area contributed by atoms with E-state index in [1.165, 1.54) is 0 Å². The first-order valence-electron chi connectivity index (χ1n) is 3.89. The minimum absolute atomic E-state index is 0.00867. The molecule has 0 heterocycles. The summed E-state index contributed by atoms with van der Waals surface area (Å²) in [6, 6.07) is 0. The predicted molar refractivity (Wildman–Crippen MR) is 53.2 cm³/mol. The van der Waals surface area contributed by atoms with Gasteiger partial charge < -0.3 is 4.74 Å². The average Bonchev–Trinajstić information content (AvgIpc) is 1.85. The first-order valence-corrected chi connectivity index (χ1v) is 5.04. The number of hydrogen-bond acceptors (Lipinski definition) is 2. The number of rotatable bonds is 5. The van der Waals surface area contributed by atoms with Crippen LogP contribution in [-0.2, 0) is 4.74 Å². The van der Waals surface area contributed by atoms with Crippen LogP contribution in [0.3, 0.4) is 0 Å². The lowest BCUT2D eigenvalue weighted by Gasteiger charge is -2.18. The van der Waals surface area contributed by atoms with Crippen LogP contribution in [0.4, 0.5) is 0 Å². The fourth-order valence-corrected chi connectivity index (χ4v) is 1.11. The smallest absolute Gasteiger partial charge is 0.0598 e. The molecule has 0 amide bonds. The van der Waals surface area contributed by atoms with Gasteiger partial charge in [-0.05, 0) is 20.8 Å². The lowest BCUT2D eigenvalue weighted by atomic mass is 10.2. The SMILES string of the molecule is C=CCSCCOC(C)(C)C. The summed E-state index contributed by atoms with van der Waals surface area (Å²) in [4.78, 5) is 0. The molecular weight excluding hydrogens is 156 g/mol. The van der Waals surface area contributed by atoms with Crippen LogP contribution in [0.1, 0.15) is 20.8 Å². The monoisotopic (exact) mass is 174 g/mol. The van der Waals surface area contributed by atoms with Gasteiger partial charge >= 0.3 is 0 Å². The summed E-state index contributed by atoms with van der Waals surface area (Å²) in [6.45, 7) is 10.7. The molecular formula is C9H18OS. The summed E-state index contributed by atoms with van der Waals surface area (Å²) in [6.07, 6.45) is 1.92. The van der Waals surface area contributed by atoms with Gasteiger partial charge in [-0.15, -0.1) is 6.58 Å². The van der Waals surface area contributed by atoms with Crippen LogP contribution in [0.2, 0.25) is 0 Å². The van der Waals surface area contributed by atoms with E-state index in [0.29, 0.717) is 0 Å². The van der Waals surface area contributed by atoms with Crippen LogP contribution in [0, 0.1) is 0 Å². The third-order valence-corrected chi connectivity index (χ3v) is 1.93. The maximum atomic E-state index is 5.52. The highest BCUT2D eigenvalue weighted by Crippen LogP contribution is 2.08. The predicted octanol–water partition coefficient (Wildman–Crippen LogP) is 2.72. The van der Waals surface area contributed by atoms with Gasteiger partial charge in [0.2, 0.25) is 0 Å². The first-order chi connectivity index (χ1) is 5.06. The van der Waals surface area contributed by atoms with Crippen LogP contribution in [0.15, 0.2) is 12.7 Å². The van der Waals surface area contributed by atoms with Crippen LogP contribution in [0.5, 0.6) is 0 Å². The zero-order valence-electron chi connectivity index (χ0n) is 7.72. The first kappa shape index (κ1) is 11.1. The van der Waals surface area contributed by atoms with E-state index in [-0.39, 0.29) is 5.60 Å². The molecule has 0 atom stereocenters. The van der Waals surface area contributed by atoms with Crippen molar-refractivity contribution >= 4 is 11.8 Å². The van der Waals surface area contributed by atoms with Crippen molar-refractivity contribution in [3.8, 4) is 0 Å². The van der Waals surface area contributed by atoms with Crippen molar-refractivity contribution in [1.29, 1.82) is 0 Å². The van der Waals surface area contributed by atoms with E-state index in [1.54, 1.807) is 0 Å².